The second-order valence-corrected chi connectivity index (χ2v) is 7.85. The van der Waals surface area contributed by atoms with E-state index in [1.54, 1.807) is 53.4 Å². The van der Waals surface area contributed by atoms with Gasteiger partial charge >= 0.3 is 11.7 Å². The van der Waals surface area contributed by atoms with E-state index in [4.69, 9.17) is 5.73 Å². The van der Waals surface area contributed by atoms with Gasteiger partial charge in [-0.2, -0.15) is 5.10 Å². The summed E-state index contributed by atoms with van der Waals surface area (Å²) in [7, 11) is 1.60. The highest BCUT2D eigenvalue weighted by atomic mass is 16.2. The molecule has 2 aromatic carbocycles. The van der Waals surface area contributed by atoms with Crippen molar-refractivity contribution in [3.8, 4) is 16.9 Å². The van der Waals surface area contributed by atoms with Gasteiger partial charge in [-0.3, -0.25) is 19.6 Å². The number of benzene rings is 2. The number of nitrogens with zero attached hydrogens (tertiary/aromatic N) is 6. The van der Waals surface area contributed by atoms with Gasteiger partial charge in [-0.05, 0) is 42.5 Å². The maximum atomic E-state index is 13.1. The first-order chi connectivity index (χ1) is 16.4. The Morgan fingerprint density at radius 3 is 2.26 bits per heavy atom. The monoisotopic (exact) mass is 455 g/mol. The quantitative estimate of drug-likeness (QED) is 0.495. The van der Waals surface area contributed by atoms with Crippen molar-refractivity contribution in [2.45, 2.75) is 0 Å². The van der Waals surface area contributed by atoms with E-state index in [1.165, 1.54) is 15.6 Å². The van der Waals surface area contributed by atoms with E-state index in [0.717, 1.165) is 11.3 Å². The number of anilines is 2. The van der Waals surface area contributed by atoms with Gasteiger partial charge in [0.1, 0.15) is 6.33 Å². The molecule has 3 amide bonds. The van der Waals surface area contributed by atoms with Crippen molar-refractivity contribution in [1.82, 2.24) is 19.3 Å². The SMILES string of the molecule is Cn1ncn(-c2ccc(-c3cc(N4CCN(c5cccc(C(N)=O)c5)C4=O)ccn3)cc2)c1=O. The number of urea groups is 1. The standard InChI is InChI=1S/C24H21N7O3/c1-28-23(33)31(15-27-28)18-7-5-16(6-8-18)21-14-20(9-10-26-21)30-12-11-29(24(30)34)19-4-2-3-17(13-19)22(25)32/h2-10,13-15H,11-12H2,1H3,(H2,25,32). The summed E-state index contributed by atoms with van der Waals surface area (Å²) in [5.74, 6) is -0.538. The van der Waals surface area contributed by atoms with Crippen molar-refractivity contribution in [2.24, 2.45) is 12.8 Å². The zero-order valence-corrected chi connectivity index (χ0v) is 18.3. The molecule has 0 atom stereocenters. The molecule has 1 aliphatic heterocycles. The molecule has 2 aromatic heterocycles. The first-order valence-corrected chi connectivity index (χ1v) is 10.6. The Bertz CT molecular complexity index is 1460. The Hall–Kier alpha value is -4.73. The predicted molar refractivity (Wildman–Crippen MR) is 127 cm³/mol. The van der Waals surface area contributed by atoms with Crippen LogP contribution in [0.3, 0.4) is 0 Å². The molecule has 3 heterocycles. The number of aryl methyl sites for hydroxylation is 1. The number of carbonyl (C=O) groups excluding carboxylic acids is 2. The van der Waals surface area contributed by atoms with E-state index in [9.17, 15) is 14.4 Å². The lowest BCUT2D eigenvalue weighted by atomic mass is 10.1. The molecule has 0 aliphatic carbocycles. The van der Waals surface area contributed by atoms with E-state index < -0.39 is 5.91 Å². The Kier molecular flexibility index (Phi) is 5.17. The third kappa shape index (κ3) is 3.71. The number of hydrogen-bond donors (Lipinski definition) is 1. The summed E-state index contributed by atoms with van der Waals surface area (Å²) in [4.78, 5) is 44.5. The van der Waals surface area contributed by atoms with E-state index in [2.05, 4.69) is 10.1 Å². The van der Waals surface area contributed by atoms with Gasteiger partial charge in [-0.1, -0.05) is 18.2 Å². The largest absolute Gasteiger partial charge is 0.366 e. The number of amides is 3. The molecular formula is C24H21N7O3. The number of nitrogens with two attached hydrogens (primary N) is 1. The van der Waals surface area contributed by atoms with Crippen molar-refractivity contribution < 1.29 is 9.59 Å². The normalized spacial score (nSPS) is 13.5. The third-order valence-corrected chi connectivity index (χ3v) is 5.77. The molecule has 5 rings (SSSR count). The van der Waals surface area contributed by atoms with Gasteiger partial charge < -0.3 is 5.73 Å². The summed E-state index contributed by atoms with van der Waals surface area (Å²) < 4.78 is 2.72. The van der Waals surface area contributed by atoms with Crippen LogP contribution in [-0.4, -0.2) is 44.4 Å². The van der Waals surface area contributed by atoms with Crippen LogP contribution in [-0.2, 0) is 7.05 Å². The molecular weight excluding hydrogens is 434 g/mol. The fraction of sp³-hybridized carbons (Fsp3) is 0.125. The molecule has 170 valence electrons. The molecule has 0 spiro atoms. The smallest absolute Gasteiger partial charge is 0.350 e. The Morgan fingerprint density at radius 1 is 0.912 bits per heavy atom. The fourth-order valence-electron chi connectivity index (χ4n) is 3.94. The van der Waals surface area contributed by atoms with Crippen LogP contribution in [0, 0.1) is 0 Å². The van der Waals surface area contributed by atoms with Crippen molar-refractivity contribution in [3.05, 3.63) is 89.2 Å². The molecule has 0 unspecified atom stereocenters. The first-order valence-electron chi connectivity index (χ1n) is 10.6. The van der Waals surface area contributed by atoms with E-state index in [-0.39, 0.29) is 11.7 Å². The minimum absolute atomic E-state index is 0.190. The highest BCUT2D eigenvalue weighted by Crippen LogP contribution is 2.28. The number of aromatic nitrogens is 4. The maximum absolute atomic E-state index is 13.1. The molecule has 34 heavy (non-hydrogen) atoms. The Morgan fingerprint density at radius 2 is 1.62 bits per heavy atom. The third-order valence-electron chi connectivity index (χ3n) is 5.77. The van der Waals surface area contributed by atoms with Crippen molar-refractivity contribution in [3.63, 3.8) is 0 Å². The predicted octanol–water partition coefficient (Wildman–Crippen LogP) is 2.18. The van der Waals surface area contributed by atoms with Gasteiger partial charge in [0.2, 0.25) is 5.91 Å². The first kappa shape index (κ1) is 21.1. The fourth-order valence-corrected chi connectivity index (χ4v) is 3.94. The van der Waals surface area contributed by atoms with Crippen LogP contribution in [0.2, 0.25) is 0 Å². The molecule has 10 heteroatoms. The van der Waals surface area contributed by atoms with Crippen LogP contribution in [0.1, 0.15) is 10.4 Å². The van der Waals surface area contributed by atoms with E-state index >= 15 is 0 Å². The van der Waals surface area contributed by atoms with Gasteiger partial charge in [0.25, 0.3) is 0 Å². The van der Waals surface area contributed by atoms with Crippen LogP contribution in [0.4, 0.5) is 16.2 Å². The zero-order chi connectivity index (χ0) is 23.8. The van der Waals surface area contributed by atoms with E-state index in [1.807, 2.05) is 30.3 Å². The second kappa shape index (κ2) is 8.32. The molecule has 0 bridgehead atoms. The lowest BCUT2D eigenvalue weighted by Gasteiger charge is -2.19. The Balaban J connectivity index is 1.39. The number of pyridine rings is 1. The average molecular weight is 455 g/mol. The van der Waals surface area contributed by atoms with Crippen molar-refractivity contribution >= 4 is 23.3 Å². The minimum Gasteiger partial charge on any atom is -0.366 e. The molecule has 0 radical (unpaired) electrons. The topological polar surface area (TPSA) is 119 Å². The molecule has 1 aliphatic rings. The summed E-state index contributed by atoms with van der Waals surface area (Å²) >= 11 is 0. The van der Waals surface area contributed by atoms with Crippen LogP contribution < -0.4 is 21.2 Å². The summed E-state index contributed by atoms with van der Waals surface area (Å²) in [6, 6.07) is 17.6. The number of hydrogen-bond acceptors (Lipinski definition) is 5. The van der Waals surface area contributed by atoms with Crippen LogP contribution >= 0.6 is 0 Å². The van der Waals surface area contributed by atoms with Crippen molar-refractivity contribution in [1.29, 1.82) is 0 Å². The lowest BCUT2D eigenvalue weighted by molar-refractivity contribution is 0.1000. The molecule has 1 saturated heterocycles. The molecule has 1 fully saturated rings. The van der Waals surface area contributed by atoms with Crippen LogP contribution in [0.5, 0.6) is 0 Å². The Labute approximate surface area is 194 Å². The number of carbonyl (C=O) groups is 2. The minimum atomic E-state index is -0.538. The summed E-state index contributed by atoms with van der Waals surface area (Å²) in [5.41, 5.74) is 9.08. The second-order valence-electron chi connectivity index (χ2n) is 7.85. The summed E-state index contributed by atoms with van der Waals surface area (Å²) in [5, 5.41) is 3.97. The molecule has 2 N–H and O–H groups in total. The van der Waals surface area contributed by atoms with Gasteiger partial charge in [0.15, 0.2) is 0 Å². The average Bonchev–Trinajstić information content (AvgIpc) is 3.41. The van der Waals surface area contributed by atoms with Crippen LogP contribution in [0.15, 0.2) is 78.0 Å². The summed E-state index contributed by atoms with van der Waals surface area (Å²) in [6.07, 6.45) is 3.13. The highest BCUT2D eigenvalue weighted by molar-refractivity contribution is 6.07. The number of primary amides is 1. The number of rotatable bonds is 5. The van der Waals surface area contributed by atoms with Crippen LogP contribution in [0.25, 0.3) is 16.9 Å². The van der Waals surface area contributed by atoms with Gasteiger partial charge in [0, 0.05) is 48.8 Å². The van der Waals surface area contributed by atoms with Gasteiger partial charge in [-0.15, -0.1) is 0 Å². The van der Waals surface area contributed by atoms with Gasteiger partial charge in [-0.25, -0.2) is 18.8 Å². The molecule has 4 aromatic rings. The maximum Gasteiger partial charge on any atom is 0.350 e. The highest BCUT2D eigenvalue weighted by Gasteiger charge is 2.31. The zero-order valence-electron chi connectivity index (χ0n) is 18.3. The van der Waals surface area contributed by atoms with Gasteiger partial charge in [0.05, 0.1) is 11.4 Å². The van der Waals surface area contributed by atoms with E-state index in [0.29, 0.717) is 35.7 Å². The molecule has 10 nitrogen and oxygen atoms in total. The summed E-state index contributed by atoms with van der Waals surface area (Å²) in [6.45, 7) is 0.971. The van der Waals surface area contributed by atoms with Crippen molar-refractivity contribution in [2.75, 3.05) is 22.9 Å². The lowest BCUT2D eigenvalue weighted by Crippen LogP contribution is -2.31. The molecule has 0 saturated carbocycles.